The first kappa shape index (κ1) is 17.6. The zero-order valence-electron chi connectivity index (χ0n) is 12.9. The van der Waals surface area contributed by atoms with Crippen LogP contribution < -0.4 is 5.46 Å². The van der Waals surface area contributed by atoms with E-state index >= 15 is 0 Å². The maximum atomic E-state index is 13.0. The van der Waals surface area contributed by atoms with Gasteiger partial charge in [0, 0.05) is 18.4 Å². The van der Waals surface area contributed by atoms with Gasteiger partial charge in [-0.25, -0.2) is 4.99 Å². The number of carbonyl (C=O) groups is 2. The standard InChI is InChI=1S/C15H15BF2N2O4/c1-9-19-13(15(24)20(9)6-2-3-14(22)23)7-10-4-5-11(21)8-12(10)16(17)18/h4-5,7-8,21H,2-3,6H2,1H3,(H,22,23)/b13-7-. The van der Waals surface area contributed by atoms with Crippen molar-refractivity contribution in [3.8, 4) is 5.75 Å². The molecule has 0 fully saturated rings. The topological polar surface area (TPSA) is 90.2 Å². The van der Waals surface area contributed by atoms with Crippen LogP contribution in [0, 0.1) is 0 Å². The number of hydrogen-bond donors (Lipinski definition) is 2. The van der Waals surface area contributed by atoms with Crippen molar-refractivity contribution < 1.29 is 28.4 Å². The van der Waals surface area contributed by atoms with Crippen LogP contribution in [0.4, 0.5) is 8.63 Å². The Morgan fingerprint density at radius 3 is 2.75 bits per heavy atom. The summed E-state index contributed by atoms with van der Waals surface area (Å²) in [5, 5.41) is 18.0. The van der Waals surface area contributed by atoms with E-state index in [-0.39, 0.29) is 36.4 Å². The number of phenols is 1. The van der Waals surface area contributed by atoms with Crippen LogP contribution in [-0.2, 0) is 9.59 Å². The lowest BCUT2D eigenvalue weighted by Gasteiger charge is -2.14. The fourth-order valence-electron chi connectivity index (χ4n) is 2.34. The second-order valence-corrected chi connectivity index (χ2v) is 5.26. The lowest BCUT2D eigenvalue weighted by molar-refractivity contribution is -0.137. The van der Waals surface area contributed by atoms with E-state index in [9.17, 15) is 23.3 Å². The van der Waals surface area contributed by atoms with Crippen LogP contribution in [0.15, 0.2) is 28.9 Å². The van der Waals surface area contributed by atoms with Gasteiger partial charge in [0.15, 0.2) is 0 Å². The first-order valence-electron chi connectivity index (χ1n) is 7.21. The molecule has 2 rings (SSSR count). The number of amidine groups is 1. The Labute approximate surface area is 137 Å². The van der Waals surface area contributed by atoms with Crippen molar-refractivity contribution in [1.82, 2.24) is 4.90 Å². The molecule has 126 valence electrons. The molecule has 1 heterocycles. The average Bonchev–Trinajstić information content (AvgIpc) is 2.76. The minimum absolute atomic E-state index is 0.00425. The summed E-state index contributed by atoms with van der Waals surface area (Å²) >= 11 is 0. The lowest BCUT2D eigenvalue weighted by atomic mass is 9.81. The summed E-state index contributed by atoms with van der Waals surface area (Å²) in [4.78, 5) is 28.2. The van der Waals surface area contributed by atoms with E-state index in [1.807, 2.05) is 0 Å². The highest BCUT2D eigenvalue weighted by molar-refractivity contribution is 6.61. The molecule has 1 amide bonds. The summed E-state index contributed by atoms with van der Waals surface area (Å²) in [6.07, 6.45) is 1.43. The number of benzene rings is 1. The molecule has 24 heavy (non-hydrogen) atoms. The number of carbonyl (C=O) groups excluding carboxylic acids is 1. The molecule has 0 saturated carbocycles. The van der Waals surface area contributed by atoms with Gasteiger partial charge < -0.3 is 10.2 Å². The van der Waals surface area contributed by atoms with Gasteiger partial charge in [0.2, 0.25) is 0 Å². The zero-order valence-corrected chi connectivity index (χ0v) is 12.9. The van der Waals surface area contributed by atoms with Gasteiger partial charge >= 0.3 is 13.2 Å². The molecule has 1 aliphatic heterocycles. The van der Waals surface area contributed by atoms with Gasteiger partial charge in [-0.3, -0.25) is 23.1 Å². The van der Waals surface area contributed by atoms with E-state index in [0.717, 1.165) is 6.07 Å². The van der Waals surface area contributed by atoms with E-state index in [1.165, 1.54) is 23.1 Å². The predicted octanol–water partition coefficient (Wildman–Crippen LogP) is 1.49. The maximum Gasteiger partial charge on any atom is 0.572 e. The van der Waals surface area contributed by atoms with Crippen molar-refractivity contribution in [3.63, 3.8) is 0 Å². The molecular formula is C15H15BF2N2O4. The third kappa shape index (κ3) is 3.98. The van der Waals surface area contributed by atoms with E-state index in [4.69, 9.17) is 5.11 Å². The number of carboxylic acids is 1. The molecule has 0 spiro atoms. The Morgan fingerprint density at radius 2 is 2.12 bits per heavy atom. The van der Waals surface area contributed by atoms with Gasteiger partial charge in [-0.05, 0) is 37.1 Å². The Hall–Kier alpha value is -2.71. The highest BCUT2D eigenvalue weighted by Gasteiger charge is 2.28. The first-order valence-corrected chi connectivity index (χ1v) is 7.21. The largest absolute Gasteiger partial charge is 0.572 e. The van der Waals surface area contributed by atoms with Crippen molar-refractivity contribution >= 4 is 36.5 Å². The molecule has 0 atom stereocenters. The molecule has 0 aromatic heterocycles. The summed E-state index contributed by atoms with van der Waals surface area (Å²) in [7, 11) is -2.81. The monoisotopic (exact) mass is 336 g/mol. The number of aromatic hydroxyl groups is 1. The number of halogens is 2. The normalized spacial score (nSPS) is 15.8. The molecule has 0 aliphatic carbocycles. The highest BCUT2D eigenvalue weighted by atomic mass is 19.2. The van der Waals surface area contributed by atoms with Crippen molar-refractivity contribution in [3.05, 3.63) is 29.5 Å². The van der Waals surface area contributed by atoms with Gasteiger partial charge in [-0.1, -0.05) is 6.07 Å². The number of amides is 1. The van der Waals surface area contributed by atoms with Gasteiger partial charge in [0.05, 0.1) is 0 Å². The fraction of sp³-hybridized carbons (Fsp3) is 0.267. The van der Waals surface area contributed by atoms with E-state index in [0.29, 0.717) is 5.84 Å². The first-order chi connectivity index (χ1) is 11.3. The molecule has 9 heteroatoms. The third-order valence-electron chi connectivity index (χ3n) is 3.51. The minimum atomic E-state index is -2.81. The summed E-state index contributed by atoms with van der Waals surface area (Å²) in [6, 6.07) is 3.48. The third-order valence-corrected chi connectivity index (χ3v) is 3.51. The van der Waals surface area contributed by atoms with Crippen LogP contribution in [-0.4, -0.2) is 46.6 Å². The van der Waals surface area contributed by atoms with Crippen LogP contribution in [0.5, 0.6) is 5.75 Å². The number of aliphatic imine (C=N–C) groups is 1. The van der Waals surface area contributed by atoms with E-state index in [1.54, 1.807) is 6.92 Å². The number of nitrogens with zero attached hydrogens (tertiary/aromatic N) is 2. The summed E-state index contributed by atoms with van der Waals surface area (Å²) in [5.74, 6) is -1.34. The molecule has 0 radical (unpaired) electrons. The Morgan fingerprint density at radius 1 is 1.42 bits per heavy atom. The van der Waals surface area contributed by atoms with Crippen LogP contribution >= 0.6 is 0 Å². The molecular weight excluding hydrogens is 321 g/mol. The van der Waals surface area contributed by atoms with Crippen molar-refractivity contribution in [1.29, 1.82) is 0 Å². The fourth-order valence-corrected chi connectivity index (χ4v) is 2.34. The predicted molar refractivity (Wildman–Crippen MR) is 85.4 cm³/mol. The molecule has 2 N–H and O–H groups in total. The molecule has 0 unspecified atom stereocenters. The van der Waals surface area contributed by atoms with Crippen molar-refractivity contribution in [2.75, 3.05) is 6.54 Å². The Balaban J connectivity index is 2.23. The lowest BCUT2D eigenvalue weighted by Crippen LogP contribution is -2.31. The van der Waals surface area contributed by atoms with Gasteiger partial charge in [0.25, 0.3) is 5.91 Å². The van der Waals surface area contributed by atoms with Crippen LogP contribution in [0.3, 0.4) is 0 Å². The minimum Gasteiger partial charge on any atom is -0.508 e. The SMILES string of the molecule is CC1=N/C(=C\c2ccc(O)cc2B(F)F)C(=O)N1CCCC(=O)O. The smallest absolute Gasteiger partial charge is 0.508 e. The van der Waals surface area contributed by atoms with Gasteiger partial charge in [-0.15, -0.1) is 0 Å². The van der Waals surface area contributed by atoms with Gasteiger partial charge in [0.1, 0.15) is 17.3 Å². The number of carboxylic acid groups (broad SMARTS) is 1. The summed E-state index contributed by atoms with van der Waals surface area (Å²) in [5.41, 5.74) is -0.307. The van der Waals surface area contributed by atoms with E-state index in [2.05, 4.69) is 4.99 Å². The Kier molecular flexibility index (Phi) is 5.33. The number of aliphatic carboxylic acids is 1. The number of rotatable bonds is 6. The zero-order chi connectivity index (χ0) is 17.9. The molecule has 0 saturated heterocycles. The van der Waals surface area contributed by atoms with Gasteiger partial charge in [-0.2, -0.15) is 0 Å². The van der Waals surface area contributed by atoms with Crippen LogP contribution in [0.2, 0.25) is 0 Å². The summed E-state index contributed by atoms with van der Waals surface area (Å²) in [6.45, 7) is 1.78. The molecule has 1 aromatic carbocycles. The Bertz CT molecular complexity index is 734. The number of phenolic OH excluding ortho intramolecular Hbond substituents is 1. The quantitative estimate of drug-likeness (QED) is 0.608. The molecule has 6 nitrogen and oxygen atoms in total. The molecule has 0 bridgehead atoms. The number of hydrogen-bond acceptors (Lipinski definition) is 4. The molecule has 1 aromatic rings. The molecule has 1 aliphatic rings. The van der Waals surface area contributed by atoms with Crippen LogP contribution in [0.25, 0.3) is 6.08 Å². The maximum absolute atomic E-state index is 13.0. The average molecular weight is 336 g/mol. The highest BCUT2D eigenvalue weighted by Crippen LogP contribution is 2.20. The van der Waals surface area contributed by atoms with Crippen LogP contribution in [0.1, 0.15) is 25.3 Å². The van der Waals surface area contributed by atoms with E-state index < -0.39 is 24.6 Å². The van der Waals surface area contributed by atoms with Crippen molar-refractivity contribution in [2.45, 2.75) is 19.8 Å². The second-order valence-electron chi connectivity index (χ2n) is 5.26. The second kappa shape index (κ2) is 7.24. The van der Waals surface area contributed by atoms with Crippen molar-refractivity contribution in [2.24, 2.45) is 4.99 Å². The summed E-state index contributed by atoms with van der Waals surface area (Å²) < 4.78 is 26.1.